The molecule has 108 valence electrons. The first-order valence-corrected chi connectivity index (χ1v) is 5.73. The van der Waals surface area contributed by atoms with Crippen molar-refractivity contribution < 1.29 is 26.6 Å². The molecule has 1 heterocycles. The topological polar surface area (TPSA) is 38.9 Å². The summed E-state index contributed by atoms with van der Waals surface area (Å²) < 4.78 is 71.4. The molecule has 0 spiro atoms. The van der Waals surface area contributed by atoms with Crippen molar-refractivity contribution in [3.05, 3.63) is 46.2 Å². The first-order valence-electron chi connectivity index (χ1n) is 5.35. The van der Waals surface area contributed by atoms with Crippen LogP contribution in [0.3, 0.4) is 0 Å². The van der Waals surface area contributed by atoms with E-state index in [-0.39, 0.29) is 16.1 Å². The third-order valence-corrected chi connectivity index (χ3v) is 3.13. The first kappa shape index (κ1) is 13.7. The molecule has 3 nitrogen and oxygen atoms in total. The van der Waals surface area contributed by atoms with Crippen molar-refractivity contribution >= 4 is 22.6 Å². The van der Waals surface area contributed by atoms with Gasteiger partial charge >= 0.3 is 0 Å². The van der Waals surface area contributed by atoms with Crippen LogP contribution in [0.25, 0.3) is 22.2 Å². The Morgan fingerprint density at radius 3 is 1.81 bits per heavy atom. The molecule has 2 aromatic carbocycles. The molecule has 3 aromatic rings. The summed E-state index contributed by atoms with van der Waals surface area (Å²) in [5.74, 6) is -10.3. The molecule has 0 aliphatic rings. The van der Waals surface area contributed by atoms with Gasteiger partial charge < -0.3 is 0 Å². The second-order valence-corrected chi connectivity index (χ2v) is 4.44. The fraction of sp³-hybridized carbons (Fsp3) is 0. The van der Waals surface area contributed by atoms with Crippen LogP contribution in [-0.4, -0.2) is 10.3 Å². The first-order chi connectivity index (χ1) is 9.91. The lowest BCUT2D eigenvalue weighted by molar-refractivity contribution is 0.315. The molecular formula is C12H2ClF5N2O. The average molecular weight is 321 g/mol. The Hall–Kier alpha value is -2.22. The molecule has 0 radical (unpaired) electrons. The molecule has 0 atom stereocenters. The summed E-state index contributed by atoms with van der Waals surface area (Å²) in [6, 6.07) is 2.16. The van der Waals surface area contributed by atoms with Gasteiger partial charge in [0, 0.05) is 5.56 Å². The minimum atomic E-state index is -2.24. The van der Waals surface area contributed by atoms with Crippen molar-refractivity contribution in [1.29, 1.82) is 0 Å². The number of hydrogen-bond acceptors (Lipinski definition) is 3. The molecule has 0 N–H and O–H groups in total. The van der Waals surface area contributed by atoms with Crippen molar-refractivity contribution in [2.75, 3.05) is 0 Å². The van der Waals surface area contributed by atoms with Gasteiger partial charge in [-0.2, -0.15) is 0 Å². The highest BCUT2D eigenvalue weighted by atomic mass is 35.5. The van der Waals surface area contributed by atoms with E-state index in [9.17, 15) is 22.0 Å². The van der Waals surface area contributed by atoms with Crippen LogP contribution >= 0.6 is 11.6 Å². The fourth-order valence-electron chi connectivity index (χ4n) is 1.84. The van der Waals surface area contributed by atoms with Gasteiger partial charge in [-0.3, -0.25) is 0 Å². The molecule has 1 aromatic heterocycles. The van der Waals surface area contributed by atoms with E-state index in [1.165, 1.54) is 0 Å². The maximum absolute atomic E-state index is 13.8. The molecule has 0 aliphatic heterocycles. The van der Waals surface area contributed by atoms with Gasteiger partial charge in [0.15, 0.2) is 23.3 Å². The molecule has 0 saturated carbocycles. The minimum Gasteiger partial charge on any atom is -0.243 e. The predicted molar refractivity (Wildman–Crippen MR) is 62.0 cm³/mol. The van der Waals surface area contributed by atoms with E-state index >= 15 is 0 Å². The molecule has 0 unspecified atom stereocenters. The number of rotatable bonds is 1. The number of hydrogen-bond donors (Lipinski definition) is 0. The van der Waals surface area contributed by atoms with Crippen molar-refractivity contribution in [1.82, 2.24) is 10.3 Å². The van der Waals surface area contributed by atoms with Crippen LogP contribution in [0.2, 0.25) is 5.02 Å². The highest BCUT2D eigenvalue weighted by molar-refractivity contribution is 6.34. The quantitative estimate of drug-likeness (QED) is 0.382. The van der Waals surface area contributed by atoms with Crippen LogP contribution in [0, 0.1) is 29.1 Å². The van der Waals surface area contributed by atoms with Crippen molar-refractivity contribution in [3.63, 3.8) is 0 Å². The summed E-state index contributed by atoms with van der Waals surface area (Å²) in [6.07, 6.45) is 0. The van der Waals surface area contributed by atoms with Gasteiger partial charge in [0.05, 0.1) is 10.6 Å². The molecule has 0 aliphatic carbocycles. The Morgan fingerprint density at radius 1 is 0.762 bits per heavy atom. The normalized spacial score (nSPS) is 11.3. The van der Waals surface area contributed by atoms with Crippen molar-refractivity contribution in [2.24, 2.45) is 0 Å². The zero-order valence-electron chi connectivity index (χ0n) is 9.73. The highest BCUT2D eigenvalue weighted by Crippen LogP contribution is 2.37. The van der Waals surface area contributed by atoms with Gasteiger partial charge in [0.25, 0.3) is 0 Å². The van der Waals surface area contributed by atoms with E-state index in [4.69, 9.17) is 11.6 Å². The van der Waals surface area contributed by atoms with Crippen LogP contribution in [0.1, 0.15) is 0 Å². The SMILES string of the molecule is Fc1c(F)c(F)c(-c2cc3nonc3cc2Cl)c(F)c1F. The third kappa shape index (κ3) is 1.94. The van der Waals surface area contributed by atoms with E-state index in [0.717, 1.165) is 12.1 Å². The monoisotopic (exact) mass is 320 g/mol. The van der Waals surface area contributed by atoms with Gasteiger partial charge in [0.2, 0.25) is 5.82 Å². The smallest absolute Gasteiger partial charge is 0.200 e. The van der Waals surface area contributed by atoms with E-state index < -0.39 is 40.2 Å². The largest absolute Gasteiger partial charge is 0.243 e. The lowest BCUT2D eigenvalue weighted by Gasteiger charge is -2.09. The van der Waals surface area contributed by atoms with Crippen LogP contribution in [0.5, 0.6) is 0 Å². The van der Waals surface area contributed by atoms with Gasteiger partial charge in [-0.15, -0.1) is 0 Å². The molecule has 21 heavy (non-hydrogen) atoms. The number of fused-ring (bicyclic) bond motifs is 1. The van der Waals surface area contributed by atoms with Crippen LogP contribution in [0.15, 0.2) is 16.8 Å². The minimum absolute atomic E-state index is 0.0540. The predicted octanol–water partition coefficient (Wildman–Crippen LogP) is 4.24. The Bertz CT molecular complexity index is 851. The molecule has 0 bridgehead atoms. The third-order valence-electron chi connectivity index (χ3n) is 2.82. The van der Waals surface area contributed by atoms with E-state index in [2.05, 4.69) is 14.9 Å². The highest BCUT2D eigenvalue weighted by Gasteiger charge is 2.28. The molecule has 9 heteroatoms. The fourth-order valence-corrected chi connectivity index (χ4v) is 2.09. The van der Waals surface area contributed by atoms with Crippen molar-refractivity contribution in [3.8, 4) is 11.1 Å². The lowest BCUT2D eigenvalue weighted by Crippen LogP contribution is -2.04. The molecule has 0 saturated heterocycles. The molecule has 3 rings (SSSR count). The van der Waals surface area contributed by atoms with E-state index in [1.807, 2.05) is 0 Å². The number of aromatic nitrogens is 2. The maximum atomic E-state index is 13.8. The Balaban J connectivity index is 2.40. The number of nitrogens with zero attached hydrogens (tertiary/aromatic N) is 2. The standard InChI is InChI=1S/C12H2ClF5N2O/c13-4-2-6-5(19-21-20-6)1-3(4)7-8(14)10(16)12(18)11(17)9(7)15/h1-2H. The van der Waals surface area contributed by atoms with Crippen LogP contribution in [0.4, 0.5) is 22.0 Å². The molecule has 0 fully saturated rings. The second-order valence-electron chi connectivity index (χ2n) is 4.03. The zero-order valence-corrected chi connectivity index (χ0v) is 10.5. The van der Waals surface area contributed by atoms with Crippen LogP contribution in [-0.2, 0) is 0 Å². The Labute approximate surface area is 117 Å². The summed E-state index contributed by atoms with van der Waals surface area (Å²) >= 11 is 5.80. The van der Waals surface area contributed by atoms with Crippen molar-refractivity contribution in [2.45, 2.75) is 0 Å². The summed E-state index contributed by atoms with van der Waals surface area (Å²) in [5, 5.41) is 6.60. The van der Waals surface area contributed by atoms with Crippen LogP contribution < -0.4 is 0 Å². The molecular weight excluding hydrogens is 319 g/mol. The maximum Gasteiger partial charge on any atom is 0.200 e. The average Bonchev–Trinajstić information content (AvgIpc) is 2.90. The lowest BCUT2D eigenvalue weighted by atomic mass is 10.0. The Kier molecular flexibility index (Phi) is 3.05. The Morgan fingerprint density at radius 2 is 1.24 bits per heavy atom. The van der Waals surface area contributed by atoms with Gasteiger partial charge in [-0.05, 0) is 22.4 Å². The van der Waals surface area contributed by atoms with Gasteiger partial charge in [-0.25, -0.2) is 26.6 Å². The number of benzene rings is 2. The van der Waals surface area contributed by atoms with Gasteiger partial charge in [-0.1, -0.05) is 11.6 Å². The van der Waals surface area contributed by atoms with E-state index in [0.29, 0.717) is 0 Å². The second kappa shape index (κ2) is 4.66. The molecule has 0 amide bonds. The van der Waals surface area contributed by atoms with E-state index in [1.54, 1.807) is 0 Å². The summed E-state index contributed by atoms with van der Waals surface area (Å²) in [7, 11) is 0. The zero-order chi connectivity index (χ0) is 15.3. The van der Waals surface area contributed by atoms with Gasteiger partial charge in [0.1, 0.15) is 11.0 Å². The summed E-state index contributed by atoms with van der Waals surface area (Å²) in [5.41, 5.74) is -1.32. The summed E-state index contributed by atoms with van der Waals surface area (Å²) in [6.45, 7) is 0. The number of halogens is 6. The summed E-state index contributed by atoms with van der Waals surface area (Å²) in [4.78, 5) is 0.